The second kappa shape index (κ2) is 7.43. The van der Waals surface area contributed by atoms with E-state index in [0.29, 0.717) is 31.1 Å². The first-order valence-electron chi connectivity index (χ1n) is 8.99. The molecule has 7 heteroatoms. The minimum atomic E-state index is -3.48. The minimum Gasteiger partial charge on any atom is -0.339 e. The molecule has 138 valence electrons. The second-order valence-corrected chi connectivity index (χ2v) is 8.90. The third-order valence-corrected chi connectivity index (χ3v) is 7.17. The van der Waals surface area contributed by atoms with Crippen LogP contribution in [0.2, 0.25) is 0 Å². The Morgan fingerprint density at radius 1 is 0.960 bits per heavy atom. The van der Waals surface area contributed by atoms with E-state index in [4.69, 9.17) is 0 Å². The van der Waals surface area contributed by atoms with E-state index in [1.807, 2.05) is 30.9 Å². The highest BCUT2D eigenvalue weighted by Gasteiger charge is 2.33. The van der Waals surface area contributed by atoms with Crippen molar-refractivity contribution in [2.24, 2.45) is 0 Å². The van der Waals surface area contributed by atoms with Gasteiger partial charge in [-0.2, -0.15) is 4.31 Å². The summed E-state index contributed by atoms with van der Waals surface area (Å²) in [5.74, 6) is 0.120. The molecular weight excluding hydrogens is 338 g/mol. The Labute approximate surface area is 150 Å². The maximum atomic E-state index is 12.7. The molecule has 0 aromatic heterocycles. The minimum absolute atomic E-state index is 0.109. The predicted molar refractivity (Wildman–Crippen MR) is 96.8 cm³/mol. The summed E-state index contributed by atoms with van der Waals surface area (Å²) >= 11 is 0. The summed E-state index contributed by atoms with van der Waals surface area (Å²) in [6, 6.07) is 6.81. The van der Waals surface area contributed by atoms with Gasteiger partial charge in [-0.05, 0) is 51.9 Å². The molecule has 25 heavy (non-hydrogen) atoms. The molecule has 0 N–H and O–H groups in total. The fourth-order valence-corrected chi connectivity index (χ4v) is 4.98. The molecule has 1 amide bonds. The van der Waals surface area contributed by atoms with Gasteiger partial charge in [-0.15, -0.1) is 0 Å². The molecule has 0 radical (unpaired) electrons. The quantitative estimate of drug-likeness (QED) is 0.807. The van der Waals surface area contributed by atoms with Crippen LogP contribution in [-0.4, -0.2) is 73.7 Å². The van der Waals surface area contributed by atoms with Gasteiger partial charge in [0.1, 0.15) is 0 Å². The number of amides is 1. The zero-order valence-corrected chi connectivity index (χ0v) is 15.8. The molecule has 0 saturated carbocycles. The third-order valence-electron chi connectivity index (χ3n) is 5.25. The fourth-order valence-electron chi connectivity index (χ4n) is 3.56. The molecule has 1 aromatic carbocycles. The van der Waals surface area contributed by atoms with Gasteiger partial charge in [0.05, 0.1) is 10.9 Å². The van der Waals surface area contributed by atoms with Crippen LogP contribution in [0.4, 0.5) is 0 Å². The summed E-state index contributed by atoms with van der Waals surface area (Å²) in [6.07, 6.45) is 2.31. The van der Waals surface area contributed by atoms with Crippen molar-refractivity contribution in [3.05, 3.63) is 29.8 Å². The molecule has 1 atom stereocenters. The van der Waals surface area contributed by atoms with Crippen LogP contribution >= 0.6 is 0 Å². The van der Waals surface area contributed by atoms with Gasteiger partial charge in [-0.25, -0.2) is 8.42 Å². The number of carbonyl (C=O) groups excluding carboxylic acids is 1. The van der Waals surface area contributed by atoms with Crippen LogP contribution in [0.1, 0.15) is 25.3 Å². The van der Waals surface area contributed by atoms with Gasteiger partial charge in [-0.1, -0.05) is 17.7 Å². The maximum absolute atomic E-state index is 12.7. The number of hydrogen-bond acceptors (Lipinski definition) is 4. The van der Waals surface area contributed by atoms with Gasteiger partial charge >= 0.3 is 0 Å². The molecule has 2 saturated heterocycles. The first-order chi connectivity index (χ1) is 11.9. The lowest BCUT2D eigenvalue weighted by molar-refractivity contribution is -0.137. The summed E-state index contributed by atoms with van der Waals surface area (Å²) in [5.41, 5.74) is 1.03. The first kappa shape index (κ1) is 18.4. The number of carbonyl (C=O) groups is 1. The standard InChI is InChI=1S/C18H27N3O3S/c1-15-5-7-17(8-6-15)25(23,24)21-13-11-20(12-14-21)18(22)16(2)19-9-3-4-10-19/h5-8,16H,3-4,9-14H2,1-2H3/t16-/m0/s1. The Morgan fingerprint density at radius 2 is 1.52 bits per heavy atom. The summed E-state index contributed by atoms with van der Waals surface area (Å²) in [6.45, 7) is 7.49. The normalized spacial score (nSPS) is 21.4. The van der Waals surface area contributed by atoms with Crippen LogP contribution in [0.3, 0.4) is 0 Å². The number of rotatable bonds is 4. The van der Waals surface area contributed by atoms with Crippen LogP contribution in [0.15, 0.2) is 29.2 Å². The van der Waals surface area contributed by atoms with Crippen molar-refractivity contribution < 1.29 is 13.2 Å². The Morgan fingerprint density at radius 3 is 2.08 bits per heavy atom. The van der Waals surface area contributed by atoms with Crippen molar-refractivity contribution in [3.8, 4) is 0 Å². The monoisotopic (exact) mass is 365 g/mol. The number of piperazine rings is 1. The highest BCUT2D eigenvalue weighted by Crippen LogP contribution is 2.19. The first-order valence-corrected chi connectivity index (χ1v) is 10.4. The van der Waals surface area contributed by atoms with E-state index < -0.39 is 10.0 Å². The Hall–Kier alpha value is -1.44. The largest absolute Gasteiger partial charge is 0.339 e. The average molecular weight is 365 g/mol. The van der Waals surface area contributed by atoms with Crippen molar-refractivity contribution in [2.45, 2.75) is 37.6 Å². The Balaban J connectivity index is 1.61. The van der Waals surface area contributed by atoms with E-state index >= 15 is 0 Å². The number of benzene rings is 1. The molecule has 3 rings (SSSR count). The van der Waals surface area contributed by atoms with Crippen molar-refractivity contribution in [1.29, 1.82) is 0 Å². The maximum Gasteiger partial charge on any atom is 0.243 e. The number of sulfonamides is 1. The van der Waals surface area contributed by atoms with Gasteiger partial charge in [0.15, 0.2) is 0 Å². The van der Waals surface area contributed by atoms with Crippen molar-refractivity contribution in [3.63, 3.8) is 0 Å². The van der Waals surface area contributed by atoms with E-state index in [1.54, 1.807) is 12.1 Å². The van der Waals surface area contributed by atoms with Crippen molar-refractivity contribution in [1.82, 2.24) is 14.1 Å². The third kappa shape index (κ3) is 3.88. The van der Waals surface area contributed by atoms with E-state index in [-0.39, 0.29) is 11.9 Å². The summed E-state index contributed by atoms with van der Waals surface area (Å²) in [5, 5.41) is 0. The number of hydrogen-bond donors (Lipinski definition) is 0. The molecule has 2 fully saturated rings. The highest BCUT2D eigenvalue weighted by molar-refractivity contribution is 7.89. The van der Waals surface area contributed by atoms with Crippen LogP contribution in [0, 0.1) is 6.92 Å². The SMILES string of the molecule is Cc1ccc(S(=O)(=O)N2CCN(C(=O)[C@H](C)N3CCCC3)CC2)cc1. The zero-order valence-electron chi connectivity index (χ0n) is 15.0. The molecular formula is C18H27N3O3S. The molecule has 0 aliphatic carbocycles. The number of nitrogens with zero attached hydrogens (tertiary/aromatic N) is 3. The predicted octanol–water partition coefficient (Wildman–Crippen LogP) is 1.31. The highest BCUT2D eigenvalue weighted by atomic mass is 32.2. The van der Waals surface area contributed by atoms with Gasteiger partial charge in [0, 0.05) is 26.2 Å². The molecule has 2 aliphatic rings. The summed E-state index contributed by atoms with van der Waals surface area (Å²) < 4.78 is 27.0. The van der Waals surface area contributed by atoms with Gasteiger partial charge in [0.25, 0.3) is 0 Å². The number of aryl methyl sites for hydroxylation is 1. The molecule has 0 unspecified atom stereocenters. The number of likely N-dealkylation sites (tertiary alicyclic amines) is 1. The molecule has 1 aromatic rings. The van der Waals surface area contributed by atoms with Crippen LogP contribution < -0.4 is 0 Å². The van der Waals surface area contributed by atoms with Crippen LogP contribution in [0.25, 0.3) is 0 Å². The Bertz CT molecular complexity index is 704. The summed E-state index contributed by atoms with van der Waals surface area (Å²) in [4.78, 5) is 17.0. The van der Waals surface area contributed by atoms with Gasteiger partial charge < -0.3 is 4.90 Å². The smallest absolute Gasteiger partial charge is 0.243 e. The molecule has 6 nitrogen and oxygen atoms in total. The molecule has 2 aliphatic heterocycles. The van der Waals surface area contributed by atoms with E-state index in [2.05, 4.69) is 4.90 Å². The zero-order chi connectivity index (χ0) is 18.0. The van der Waals surface area contributed by atoms with Gasteiger partial charge in [-0.3, -0.25) is 9.69 Å². The van der Waals surface area contributed by atoms with Crippen molar-refractivity contribution >= 4 is 15.9 Å². The second-order valence-electron chi connectivity index (χ2n) is 6.96. The fraction of sp³-hybridized carbons (Fsp3) is 0.611. The lowest BCUT2D eigenvalue weighted by Gasteiger charge is -2.36. The molecule has 0 bridgehead atoms. The molecule has 0 spiro atoms. The van der Waals surface area contributed by atoms with E-state index in [1.165, 1.54) is 4.31 Å². The Kier molecular flexibility index (Phi) is 5.46. The van der Waals surface area contributed by atoms with E-state index in [0.717, 1.165) is 31.5 Å². The molecule has 2 heterocycles. The topological polar surface area (TPSA) is 60.9 Å². The van der Waals surface area contributed by atoms with Crippen LogP contribution in [-0.2, 0) is 14.8 Å². The van der Waals surface area contributed by atoms with Crippen LogP contribution in [0.5, 0.6) is 0 Å². The van der Waals surface area contributed by atoms with Gasteiger partial charge in [0.2, 0.25) is 15.9 Å². The lowest BCUT2D eigenvalue weighted by atomic mass is 10.2. The van der Waals surface area contributed by atoms with Crippen molar-refractivity contribution in [2.75, 3.05) is 39.3 Å². The lowest BCUT2D eigenvalue weighted by Crippen LogP contribution is -2.54. The van der Waals surface area contributed by atoms with E-state index in [9.17, 15) is 13.2 Å². The summed E-state index contributed by atoms with van der Waals surface area (Å²) in [7, 11) is -3.48. The average Bonchev–Trinajstić information content (AvgIpc) is 3.15.